The van der Waals surface area contributed by atoms with Crippen molar-refractivity contribution in [2.45, 2.75) is 69.1 Å². The fraction of sp³-hybridized carbons (Fsp3) is 0.517. The second kappa shape index (κ2) is 12.7. The van der Waals surface area contributed by atoms with Crippen LogP contribution in [0.5, 0.6) is 5.75 Å². The van der Waals surface area contributed by atoms with Crippen LogP contribution in [0.3, 0.4) is 0 Å². The SMILES string of the molecule is CN(C(=O)Cc1ccc(Cl)c(Cl)c1)[C@H]1CC[C@@]2(CCCO2)C[C@@H]1N1CCCC1.O=C(O)c1ccccc1O. The van der Waals surface area contributed by atoms with Gasteiger partial charge in [0, 0.05) is 25.7 Å². The van der Waals surface area contributed by atoms with Crippen LogP contribution in [-0.2, 0) is 16.0 Å². The van der Waals surface area contributed by atoms with Crippen LogP contribution in [0.2, 0.25) is 10.0 Å². The van der Waals surface area contributed by atoms with Crippen LogP contribution in [-0.4, -0.2) is 76.3 Å². The lowest BCUT2D eigenvalue weighted by Gasteiger charge is -2.48. The maximum absolute atomic E-state index is 13.1. The molecule has 3 fully saturated rings. The molecule has 0 bridgehead atoms. The Kier molecular flexibility index (Phi) is 9.58. The van der Waals surface area contributed by atoms with Crippen LogP contribution < -0.4 is 0 Å². The minimum Gasteiger partial charge on any atom is -0.507 e. The predicted molar refractivity (Wildman–Crippen MR) is 148 cm³/mol. The number of likely N-dealkylation sites (N-methyl/N-ethyl adjacent to an activating group) is 1. The number of nitrogens with zero attached hydrogens (tertiary/aromatic N) is 2. The molecule has 3 atom stereocenters. The number of rotatable bonds is 5. The summed E-state index contributed by atoms with van der Waals surface area (Å²) in [6.07, 6.45) is 8.36. The van der Waals surface area contributed by atoms with Crippen LogP contribution in [0.1, 0.15) is 60.9 Å². The molecule has 206 valence electrons. The van der Waals surface area contributed by atoms with Gasteiger partial charge in [-0.3, -0.25) is 9.69 Å². The molecule has 1 amide bonds. The number of amides is 1. The van der Waals surface area contributed by atoms with E-state index in [1.807, 2.05) is 18.0 Å². The van der Waals surface area contributed by atoms with Crippen LogP contribution in [0, 0.1) is 0 Å². The molecule has 2 aliphatic heterocycles. The van der Waals surface area contributed by atoms with E-state index in [0.29, 0.717) is 22.5 Å². The van der Waals surface area contributed by atoms with E-state index in [0.717, 1.165) is 44.5 Å². The smallest absolute Gasteiger partial charge is 0.339 e. The van der Waals surface area contributed by atoms with Crippen LogP contribution in [0.4, 0.5) is 0 Å². The first-order valence-electron chi connectivity index (χ1n) is 13.3. The molecule has 1 aliphatic carbocycles. The molecule has 1 saturated carbocycles. The third-order valence-corrected chi connectivity index (χ3v) is 8.82. The van der Waals surface area contributed by atoms with Gasteiger partial charge < -0.3 is 19.8 Å². The summed E-state index contributed by atoms with van der Waals surface area (Å²) in [5.41, 5.74) is 0.898. The van der Waals surface area contributed by atoms with Gasteiger partial charge >= 0.3 is 5.97 Å². The zero-order valence-corrected chi connectivity index (χ0v) is 23.3. The molecule has 2 heterocycles. The summed E-state index contributed by atoms with van der Waals surface area (Å²) in [4.78, 5) is 27.9. The van der Waals surface area contributed by atoms with Gasteiger partial charge in [-0.25, -0.2) is 4.79 Å². The number of carbonyl (C=O) groups excluding carboxylic acids is 1. The Hall–Kier alpha value is -2.32. The highest BCUT2D eigenvalue weighted by atomic mass is 35.5. The van der Waals surface area contributed by atoms with Crippen molar-refractivity contribution < 1.29 is 24.5 Å². The summed E-state index contributed by atoms with van der Waals surface area (Å²) in [6.45, 7) is 3.18. The summed E-state index contributed by atoms with van der Waals surface area (Å²) in [7, 11) is 1.97. The Morgan fingerprint density at radius 1 is 1.08 bits per heavy atom. The van der Waals surface area contributed by atoms with E-state index < -0.39 is 5.97 Å². The fourth-order valence-corrected chi connectivity index (χ4v) is 6.34. The summed E-state index contributed by atoms with van der Waals surface area (Å²) in [5, 5.41) is 18.3. The number of hydrogen-bond acceptors (Lipinski definition) is 5. The second-order valence-electron chi connectivity index (χ2n) is 10.5. The molecule has 2 aromatic rings. The third-order valence-electron chi connectivity index (χ3n) is 8.08. The second-order valence-corrected chi connectivity index (χ2v) is 11.3. The first-order valence-corrected chi connectivity index (χ1v) is 14.0. The van der Waals surface area contributed by atoms with Crippen LogP contribution >= 0.6 is 23.2 Å². The number of benzene rings is 2. The number of halogens is 2. The Balaban J connectivity index is 0.000000283. The van der Waals surface area contributed by atoms with Gasteiger partial charge in [0.25, 0.3) is 0 Å². The number of aromatic carboxylic acids is 1. The van der Waals surface area contributed by atoms with E-state index in [1.165, 1.54) is 37.8 Å². The molecule has 38 heavy (non-hydrogen) atoms. The number of para-hydroxylation sites is 1. The highest BCUT2D eigenvalue weighted by Gasteiger charge is 2.47. The molecule has 0 unspecified atom stereocenters. The zero-order chi connectivity index (χ0) is 27.3. The van der Waals surface area contributed by atoms with Crippen molar-refractivity contribution in [3.8, 4) is 5.75 Å². The van der Waals surface area contributed by atoms with Gasteiger partial charge in [0.1, 0.15) is 11.3 Å². The molecule has 0 radical (unpaired) electrons. The molecule has 3 aliphatic rings. The standard InChI is InChI=1S/C22H30Cl2N2O2.C7H6O3/c1-25(21(27)14-16-5-6-17(23)18(24)13-16)19-7-9-22(8-4-12-28-22)15-20(19)26-10-2-3-11-26;8-6-4-2-1-3-5(6)7(9)10/h5-6,13,19-20H,2-4,7-12,14-15H2,1H3;1-4,8H,(H,9,10)/t19-,20-,22-;/m0./s1. The summed E-state index contributed by atoms with van der Waals surface area (Å²) < 4.78 is 6.22. The molecule has 7 nitrogen and oxygen atoms in total. The molecule has 0 aromatic heterocycles. The monoisotopic (exact) mass is 562 g/mol. The van der Waals surface area contributed by atoms with Crippen molar-refractivity contribution in [1.82, 2.24) is 9.80 Å². The normalized spacial score (nSPS) is 25.1. The maximum atomic E-state index is 13.1. The molecular weight excluding hydrogens is 527 g/mol. The van der Waals surface area contributed by atoms with Crippen molar-refractivity contribution in [2.75, 3.05) is 26.7 Å². The van der Waals surface area contributed by atoms with Crippen molar-refractivity contribution in [1.29, 1.82) is 0 Å². The Morgan fingerprint density at radius 2 is 1.82 bits per heavy atom. The summed E-state index contributed by atoms with van der Waals surface area (Å²) in [6, 6.07) is 11.9. The molecule has 5 rings (SSSR count). The van der Waals surface area contributed by atoms with Crippen molar-refractivity contribution >= 4 is 35.1 Å². The first-order chi connectivity index (χ1) is 18.2. The molecule has 1 spiro atoms. The van der Waals surface area contributed by atoms with E-state index in [2.05, 4.69) is 4.90 Å². The molecule has 2 saturated heterocycles. The lowest BCUT2D eigenvalue weighted by Crippen LogP contribution is -2.58. The van der Waals surface area contributed by atoms with Crippen molar-refractivity contribution in [3.05, 3.63) is 63.6 Å². The van der Waals surface area contributed by atoms with E-state index in [4.69, 9.17) is 38.2 Å². The molecular formula is C29H36Cl2N2O5. The highest BCUT2D eigenvalue weighted by molar-refractivity contribution is 6.42. The fourth-order valence-electron chi connectivity index (χ4n) is 6.02. The van der Waals surface area contributed by atoms with E-state index >= 15 is 0 Å². The number of carboxylic acids is 1. The maximum Gasteiger partial charge on any atom is 0.339 e. The molecule has 2 aromatic carbocycles. The lowest BCUT2D eigenvalue weighted by atomic mass is 9.76. The van der Waals surface area contributed by atoms with Gasteiger partial charge in [0.05, 0.1) is 22.1 Å². The first kappa shape index (κ1) is 28.7. The lowest BCUT2D eigenvalue weighted by molar-refractivity contribution is -0.136. The van der Waals surface area contributed by atoms with Gasteiger partial charge in [-0.15, -0.1) is 0 Å². The topological polar surface area (TPSA) is 90.3 Å². The minimum absolute atomic E-state index is 0.0529. The number of carbonyl (C=O) groups is 2. The van der Waals surface area contributed by atoms with Crippen molar-refractivity contribution in [3.63, 3.8) is 0 Å². The average Bonchev–Trinajstić information content (AvgIpc) is 3.59. The van der Waals surface area contributed by atoms with Gasteiger partial charge in [0.15, 0.2) is 0 Å². The Labute approximate surface area is 234 Å². The van der Waals surface area contributed by atoms with Gasteiger partial charge in [-0.2, -0.15) is 0 Å². The number of likely N-dealkylation sites (tertiary alicyclic amines) is 1. The van der Waals surface area contributed by atoms with E-state index in [9.17, 15) is 9.59 Å². The highest BCUT2D eigenvalue weighted by Crippen LogP contribution is 2.43. The van der Waals surface area contributed by atoms with Gasteiger partial charge in [-0.05, 0) is 87.9 Å². The van der Waals surface area contributed by atoms with Crippen molar-refractivity contribution in [2.24, 2.45) is 0 Å². The third kappa shape index (κ3) is 6.81. The number of carboxylic acid groups (broad SMARTS) is 1. The average molecular weight is 564 g/mol. The Morgan fingerprint density at radius 3 is 2.42 bits per heavy atom. The van der Waals surface area contributed by atoms with E-state index in [1.54, 1.807) is 24.3 Å². The van der Waals surface area contributed by atoms with Gasteiger partial charge in [0.2, 0.25) is 5.91 Å². The number of aromatic hydroxyl groups is 1. The van der Waals surface area contributed by atoms with Crippen LogP contribution in [0.25, 0.3) is 0 Å². The van der Waals surface area contributed by atoms with E-state index in [-0.39, 0.29) is 28.9 Å². The number of hydrogen-bond donors (Lipinski definition) is 2. The largest absolute Gasteiger partial charge is 0.507 e. The molecule has 9 heteroatoms. The van der Waals surface area contributed by atoms with Gasteiger partial charge in [-0.1, -0.05) is 41.4 Å². The Bertz CT molecular complexity index is 1130. The zero-order valence-electron chi connectivity index (χ0n) is 21.7. The van der Waals surface area contributed by atoms with Crippen LogP contribution in [0.15, 0.2) is 42.5 Å². The molecule has 2 N–H and O–H groups in total. The minimum atomic E-state index is -1.11. The number of ether oxygens (including phenoxy) is 1. The predicted octanol–water partition coefficient (Wildman–Crippen LogP) is 5.65. The summed E-state index contributed by atoms with van der Waals surface area (Å²) >= 11 is 12.1. The number of phenols is 1. The summed E-state index contributed by atoms with van der Waals surface area (Å²) in [5.74, 6) is -1.16. The quantitative estimate of drug-likeness (QED) is 0.489.